The number of fused-ring (bicyclic) bond motifs is 21. The largest absolute Gasteiger partial charge is 0.456 e. The van der Waals surface area contributed by atoms with Crippen LogP contribution in [0.4, 0.5) is 0 Å². The fraction of sp³-hybridized carbons (Fsp3) is 0. The smallest absolute Gasteiger partial charge is 0.164 e. The molecule has 0 bridgehead atoms. The van der Waals surface area contributed by atoms with Gasteiger partial charge >= 0.3 is 0 Å². The van der Waals surface area contributed by atoms with Crippen molar-refractivity contribution in [1.82, 2.24) is 72.6 Å². The van der Waals surface area contributed by atoms with E-state index < -0.39 is 0 Å². The zero-order valence-electron chi connectivity index (χ0n) is 80.0. The Morgan fingerprint density at radius 1 is 0.148 bits per heavy atom. The number of aromatic nitrogens is 15. The number of nitrogens with zero attached hydrogens (tertiary/aromatic N) is 15. The van der Waals surface area contributed by atoms with E-state index in [1.54, 1.807) is 0 Å². The predicted molar refractivity (Wildman–Crippen MR) is 605 cm³/mol. The van der Waals surface area contributed by atoms with E-state index in [1.807, 2.05) is 170 Å². The van der Waals surface area contributed by atoms with Crippen molar-refractivity contribution in [2.75, 3.05) is 0 Å². The normalized spacial score (nSPS) is 11.6. The monoisotopic (exact) mass is 1910 g/mol. The second kappa shape index (κ2) is 36.5. The standard InChI is InChI=1S/C48H30N6.C43H28N4.C42H25N5O/c1-3-13-31(14-4-1)46-50-47(32-15-5-2-6-16-32)52-48(51-46)36-28-35(29-37(30-36)53-42-20-10-7-17-38(42)39-18-8-11-21-43(39)53)33-23-25-41-34(27-33)24-26-45-49-40-19-9-12-22-44(40)54(41)45;1-4-13-31(14-5-1)40-41(32-15-6-2-7-16-32)46-43(42(45-40)33-17-8-3-9-18-33)34-22-20-29(21-23-34)35-24-26-38-36(28-35)44-39-27-25-30-12-10-11-19-37(30)47(38)39;1-2-9-26(10-3-1)40-44-41(46-42(45-40)31-17-20-33-32-13-4-7-16-37(32)48-38(33)25-31)30-12-8-11-27(24-30)28-18-21-35-29(23-28)19-22-39-43-34-14-5-6-15-36(34)47(35)39/h1-30H;1-28H;1-25H. The van der Waals surface area contributed by atoms with Crippen LogP contribution in [0.2, 0.25) is 0 Å². The van der Waals surface area contributed by atoms with Crippen LogP contribution in [-0.4, -0.2) is 72.6 Å². The second-order valence-electron chi connectivity index (χ2n) is 37.2. The van der Waals surface area contributed by atoms with Gasteiger partial charge in [-0.3, -0.25) is 13.2 Å². The van der Waals surface area contributed by atoms with Gasteiger partial charge in [-0.05, 0) is 207 Å². The lowest BCUT2D eigenvalue weighted by Crippen LogP contribution is -2.01. The Hall–Kier alpha value is -20.5. The average molecular weight is 1910 g/mol. The van der Waals surface area contributed by atoms with Gasteiger partial charge in [0.1, 0.15) is 28.1 Å². The third-order valence-corrected chi connectivity index (χ3v) is 28.1. The molecule has 30 rings (SSSR count). The van der Waals surface area contributed by atoms with E-state index in [1.165, 1.54) is 16.2 Å². The fourth-order valence-corrected chi connectivity index (χ4v) is 21.0. The number of imidazole rings is 3. The molecule has 30 aromatic rings. The van der Waals surface area contributed by atoms with Gasteiger partial charge in [0.25, 0.3) is 0 Å². The first-order chi connectivity index (χ1) is 73.8. The van der Waals surface area contributed by atoms with E-state index in [9.17, 15) is 0 Å². The van der Waals surface area contributed by atoms with E-state index in [2.05, 4.69) is 351 Å². The maximum absolute atomic E-state index is 6.20. The quantitative estimate of drug-likeness (QED) is 0.101. The molecule has 149 heavy (non-hydrogen) atoms. The summed E-state index contributed by atoms with van der Waals surface area (Å²) in [7, 11) is 0. The molecule has 0 saturated heterocycles. The summed E-state index contributed by atoms with van der Waals surface area (Å²) in [5.74, 6) is 3.69. The van der Waals surface area contributed by atoms with Crippen LogP contribution >= 0.6 is 0 Å². The van der Waals surface area contributed by atoms with Gasteiger partial charge in [-0.2, -0.15) is 0 Å². The molecule has 11 aromatic heterocycles. The molecule has 0 aliphatic heterocycles. The first kappa shape index (κ1) is 86.4. The number of furan rings is 1. The van der Waals surface area contributed by atoms with Crippen LogP contribution in [0.5, 0.6) is 0 Å². The highest BCUT2D eigenvalue weighted by Gasteiger charge is 2.25. The summed E-state index contributed by atoms with van der Waals surface area (Å²) in [5.41, 5.74) is 37.1. The van der Waals surface area contributed by atoms with Gasteiger partial charge in [0.15, 0.2) is 34.9 Å². The van der Waals surface area contributed by atoms with Crippen LogP contribution in [0.25, 0.3) is 279 Å². The third-order valence-electron chi connectivity index (χ3n) is 28.1. The first-order valence-corrected chi connectivity index (χ1v) is 49.7. The minimum Gasteiger partial charge on any atom is -0.456 e. The third kappa shape index (κ3) is 15.8. The lowest BCUT2D eigenvalue weighted by atomic mass is 9.97. The van der Waals surface area contributed by atoms with Crippen LogP contribution in [0.1, 0.15) is 0 Å². The SMILES string of the molecule is c1ccc(-c2nc(-c3cccc(-c4ccc5c(ccc6nc7ccccc7n65)c4)c3)nc(-c3ccc4c(c3)oc3ccccc34)n2)cc1.c1ccc(-c2nc(-c3ccccc3)c(-c3ccc(-c4ccc5c(c4)nc4ccc6ccccc6n45)cc3)nc2-c2ccccc2)cc1.c1ccc(-c2nc(-c3ccccc3)nc(-c3cc(-c4ccc5c(ccc6nc7ccccc7n65)c4)cc(-n4c5ccccc5c5ccccc54)c3)n2)cc1. The average Bonchev–Trinajstić information content (AvgIpc) is 1.56. The highest BCUT2D eigenvalue weighted by Crippen LogP contribution is 2.44. The minimum atomic E-state index is 0.592. The van der Waals surface area contributed by atoms with Crippen molar-refractivity contribution < 1.29 is 4.42 Å². The van der Waals surface area contributed by atoms with E-state index in [0.29, 0.717) is 34.9 Å². The molecule has 16 heteroatoms. The Morgan fingerprint density at radius 3 is 0.973 bits per heavy atom. The van der Waals surface area contributed by atoms with E-state index in [-0.39, 0.29) is 0 Å². The molecule has 11 heterocycles. The van der Waals surface area contributed by atoms with Gasteiger partial charge in [0.2, 0.25) is 0 Å². The molecule has 0 fully saturated rings. The summed E-state index contributed by atoms with van der Waals surface area (Å²) in [6.45, 7) is 0. The summed E-state index contributed by atoms with van der Waals surface area (Å²) in [4.78, 5) is 55.6. The molecule has 0 saturated carbocycles. The topological polar surface area (TPSA) is 173 Å². The fourth-order valence-electron chi connectivity index (χ4n) is 21.0. The van der Waals surface area contributed by atoms with E-state index in [4.69, 9.17) is 59.2 Å². The number of benzene rings is 19. The van der Waals surface area contributed by atoms with Gasteiger partial charge < -0.3 is 8.98 Å². The molecule has 16 nitrogen and oxygen atoms in total. The van der Waals surface area contributed by atoms with Crippen molar-refractivity contribution in [2.24, 2.45) is 0 Å². The molecule has 696 valence electrons. The molecule has 0 amide bonds. The van der Waals surface area contributed by atoms with Crippen molar-refractivity contribution in [1.29, 1.82) is 0 Å². The Kier molecular flexibility index (Phi) is 21.2. The number of hydrogen-bond acceptors (Lipinski definition) is 12. The maximum Gasteiger partial charge on any atom is 0.164 e. The number of rotatable bonds is 14. The van der Waals surface area contributed by atoms with Gasteiger partial charge in [0.05, 0.1) is 83.5 Å². The van der Waals surface area contributed by atoms with Gasteiger partial charge in [-0.15, -0.1) is 0 Å². The van der Waals surface area contributed by atoms with Crippen LogP contribution in [0.3, 0.4) is 0 Å². The molecular weight excluding hydrogens is 1820 g/mol. The van der Waals surface area contributed by atoms with Gasteiger partial charge in [0, 0.05) is 82.9 Å². The first-order valence-electron chi connectivity index (χ1n) is 49.7. The molecule has 0 aliphatic rings. The number of pyridine rings is 3. The van der Waals surface area contributed by atoms with Crippen molar-refractivity contribution in [3.8, 4) is 152 Å². The second-order valence-corrected chi connectivity index (χ2v) is 37.2. The predicted octanol–water partition coefficient (Wildman–Crippen LogP) is 32.7. The summed E-state index contributed by atoms with van der Waals surface area (Å²) in [5, 5.41) is 8.04. The molecule has 0 spiro atoms. The van der Waals surface area contributed by atoms with Crippen molar-refractivity contribution in [3.05, 3.63) is 504 Å². The summed E-state index contributed by atoms with van der Waals surface area (Å²) in [6.07, 6.45) is 0. The summed E-state index contributed by atoms with van der Waals surface area (Å²) in [6, 6.07) is 174. The zero-order chi connectivity index (χ0) is 98.4. The van der Waals surface area contributed by atoms with Crippen molar-refractivity contribution in [3.63, 3.8) is 0 Å². The lowest BCUT2D eigenvalue weighted by Gasteiger charge is -2.16. The highest BCUT2D eigenvalue weighted by atomic mass is 16.3. The molecule has 0 N–H and O–H groups in total. The van der Waals surface area contributed by atoms with Crippen LogP contribution < -0.4 is 0 Å². The van der Waals surface area contributed by atoms with E-state index >= 15 is 0 Å². The number of hydrogen-bond donors (Lipinski definition) is 0. The minimum absolute atomic E-state index is 0.592. The molecule has 0 atom stereocenters. The molecule has 19 aromatic carbocycles. The molecule has 0 aliphatic carbocycles. The lowest BCUT2D eigenvalue weighted by molar-refractivity contribution is 0.669. The molecule has 0 radical (unpaired) electrons. The van der Waals surface area contributed by atoms with Gasteiger partial charge in [-0.1, -0.05) is 346 Å². The Balaban J connectivity index is 0.000000108. The van der Waals surface area contributed by atoms with Gasteiger partial charge in [-0.25, -0.2) is 54.8 Å². The van der Waals surface area contributed by atoms with Crippen LogP contribution in [0.15, 0.2) is 508 Å². The number of para-hydroxylation sites is 8. The van der Waals surface area contributed by atoms with Crippen LogP contribution in [0, 0.1) is 0 Å². The molecular formula is C133H83N15O. The zero-order valence-corrected chi connectivity index (χ0v) is 80.0. The van der Waals surface area contributed by atoms with Crippen molar-refractivity contribution in [2.45, 2.75) is 0 Å². The Bertz CT molecular complexity index is 10400. The highest BCUT2D eigenvalue weighted by molar-refractivity contribution is 6.10. The summed E-state index contributed by atoms with van der Waals surface area (Å²) >= 11 is 0. The van der Waals surface area contributed by atoms with Crippen molar-refractivity contribution >= 4 is 126 Å². The van der Waals surface area contributed by atoms with E-state index in [0.717, 1.165) is 228 Å². The Morgan fingerprint density at radius 2 is 0.463 bits per heavy atom. The van der Waals surface area contributed by atoms with Crippen LogP contribution in [-0.2, 0) is 0 Å². The summed E-state index contributed by atoms with van der Waals surface area (Å²) < 4.78 is 15.3. The molecule has 0 unspecified atom stereocenters. The maximum atomic E-state index is 6.20. The Labute approximate surface area is 853 Å².